The first kappa shape index (κ1) is 19.5. The number of amides is 1. The molecule has 5 heteroatoms. The molecule has 0 atom stereocenters. The molecule has 0 aliphatic heterocycles. The fourth-order valence-corrected chi connectivity index (χ4v) is 3.29. The molecule has 0 bridgehead atoms. The van der Waals surface area contributed by atoms with Crippen LogP contribution in [0, 0.1) is 19.7 Å². The number of aromatic nitrogens is 1. The third-order valence-corrected chi connectivity index (χ3v) is 4.88. The number of pyridine rings is 1. The van der Waals surface area contributed by atoms with Gasteiger partial charge in [-0.15, -0.1) is 0 Å². The molecule has 1 aromatic heterocycles. The first-order chi connectivity index (χ1) is 14.5. The molecule has 0 fully saturated rings. The van der Waals surface area contributed by atoms with E-state index in [4.69, 9.17) is 4.98 Å². The summed E-state index contributed by atoms with van der Waals surface area (Å²) in [6.45, 7) is 4.06. The van der Waals surface area contributed by atoms with E-state index in [2.05, 4.69) is 22.7 Å². The molecule has 4 rings (SSSR count). The van der Waals surface area contributed by atoms with Crippen LogP contribution in [0.4, 0.5) is 4.39 Å². The zero-order chi connectivity index (χ0) is 21.1. The zero-order valence-corrected chi connectivity index (χ0v) is 16.7. The molecule has 1 heterocycles. The number of hydrogen-bond acceptors (Lipinski definition) is 3. The number of hydrogen-bond donors (Lipinski definition) is 1. The molecule has 4 nitrogen and oxygen atoms in total. The van der Waals surface area contributed by atoms with Crippen molar-refractivity contribution in [3.63, 3.8) is 0 Å². The SMILES string of the molecule is Cc1ccc(C)c(-c2cc(C(=O)NN=Cc3ccc(F)cc3)c3ccccc3n2)c1. The normalized spacial score (nSPS) is 11.2. The van der Waals surface area contributed by atoms with E-state index in [0.717, 1.165) is 33.3 Å². The van der Waals surface area contributed by atoms with E-state index in [0.29, 0.717) is 11.1 Å². The van der Waals surface area contributed by atoms with Crippen LogP contribution < -0.4 is 5.43 Å². The van der Waals surface area contributed by atoms with Gasteiger partial charge in [-0.05, 0) is 55.3 Å². The number of aryl methyl sites for hydroxylation is 2. The van der Waals surface area contributed by atoms with Crippen molar-refractivity contribution in [2.45, 2.75) is 13.8 Å². The number of carbonyl (C=O) groups is 1. The van der Waals surface area contributed by atoms with Gasteiger partial charge >= 0.3 is 0 Å². The maximum Gasteiger partial charge on any atom is 0.272 e. The highest BCUT2D eigenvalue weighted by molar-refractivity contribution is 6.07. The molecule has 30 heavy (non-hydrogen) atoms. The Hall–Kier alpha value is -3.86. The standard InChI is InChI=1S/C25H20FN3O/c1-16-7-8-17(2)21(13-16)24-14-22(20-5-3-4-6-23(20)28-24)25(30)29-27-15-18-9-11-19(26)12-10-18/h3-15H,1-2H3,(H,29,30). The van der Waals surface area contributed by atoms with Crippen molar-refractivity contribution < 1.29 is 9.18 Å². The fourth-order valence-electron chi connectivity index (χ4n) is 3.29. The summed E-state index contributed by atoms with van der Waals surface area (Å²) < 4.78 is 13.0. The molecule has 0 aliphatic rings. The number of nitrogens with zero attached hydrogens (tertiary/aromatic N) is 2. The van der Waals surface area contributed by atoms with Gasteiger partial charge in [-0.1, -0.05) is 48.0 Å². The maximum absolute atomic E-state index is 13.0. The number of benzene rings is 3. The number of hydrazone groups is 1. The van der Waals surface area contributed by atoms with Crippen LogP contribution in [-0.4, -0.2) is 17.1 Å². The summed E-state index contributed by atoms with van der Waals surface area (Å²) in [6.07, 6.45) is 1.48. The minimum atomic E-state index is -0.335. The minimum absolute atomic E-state index is 0.321. The van der Waals surface area contributed by atoms with Crippen molar-refractivity contribution in [3.8, 4) is 11.3 Å². The number of halogens is 1. The molecule has 148 valence electrons. The highest BCUT2D eigenvalue weighted by Gasteiger charge is 2.14. The Morgan fingerprint density at radius 3 is 2.57 bits per heavy atom. The van der Waals surface area contributed by atoms with Gasteiger partial charge in [0.05, 0.1) is 23.0 Å². The minimum Gasteiger partial charge on any atom is -0.267 e. The quantitative estimate of drug-likeness (QED) is 0.369. The summed E-state index contributed by atoms with van der Waals surface area (Å²) in [5.74, 6) is -0.656. The molecular formula is C25H20FN3O. The molecule has 0 radical (unpaired) electrons. The van der Waals surface area contributed by atoms with E-state index in [-0.39, 0.29) is 11.7 Å². The van der Waals surface area contributed by atoms with Gasteiger partial charge in [0.2, 0.25) is 0 Å². The molecule has 0 saturated carbocycles. The van der Waals surface area contributed by atoms with E-state index in [1.54, 1.807) is 18.2 Å². The number of nitrogens with one attached hydrogen (secondary N) is 1. The average Bonchev–Trinajstić information content (AvgIpc) is 2.76. The third kappa shape index (κ3) is 4.10. The van der Waals surface area contributed by atoms with Crippen molar-refractivity contribution in [1.29, 1.82) is 0 Å². The number of para-hydroxylation sites is 1. The van der Waals surface area contributed by atoms with Crippen LogP contribution in [-0.2, 0) is 0 Å². The van der Waals surface area contributed by atoms with Crippen molar-refractivity contribution in [2.75, 3.05) is 0 Å². The van der Waals surface area contributed by atoms with Crippen molar-refractivity contribution >= 4 is 23.0 Å². The van der Waals surface area contributed by atoms with Crippen LogP contribution in [0.2, 0.25) is 0 Å². The van der Waals surface area contributed by atoms with Crippen LogP contribution in [0.15, 0.2) is 77.9 Å². The summed E-state index contributed by atoms with van der Waals surface area (Å²) in [5, 5.41) is 4.77. The van der Waals surface area contributed by atoms with Gasteiger partial charge in [-0.3, -0.25) is 4.79 Å². The van der Waals surface area contributed by atoms with Crippen LogP contribution >= 0.6 is 0 Å². The summed E-state index contributed by atoms with van der Waals surface area (Å²) in [4.78, 5) is 17.7. The second-order valence-corrected chi connectivity index (χ2v) is 7.14. The Labute approximate surface area is 174 Å². The lowest BCUT2D eigenvalue weighted by Crippen LogP contribution is -2.18. The number of fused-ring (bicyclic) bond motifs is 1. The van der Waals surface area contributed by atoms with Crippen molar-refractivity contribution in [1.82, 2.24) is 10.4 Å². The summed E-state index contributed by atoms with van der Waals surface area (Å²) in [5.41, 5.74) is 8.43. The fraction of sp³-hybridized carbons (Fsp3) is 0.0800. The maximum atomic E-state index is 13.0. The molecule has 1 amide bonds. The Morgan fingerprint density at radius 2 is 1.77 bits per heavy atom. The smallest absolute Gasteiger partial charge is 0.267 e. The average molecular weight is 397 g/mol. The Morgan fingerprint density at radius 1 is 1.00 bits per heavy atom. The van der Waals surface area contributed by atoms with Gasteiger partial charge in [0.25, 0.3) is 5.91 Å². The van der Waals surface area contributed by atoms with Gasteiger partial charge in [-0.25, -0.2) is 14.8 Å². The van der Waals surface area contributed by atoms with Crippen LogP contribution in [0.25, 0.3) is 22.2 Å². The third-order valence-electron chi connectivity index (χ3n) is 4.88. The molecule has 3 aromatic carbocycles. The summed E-state index contributed by atoms with van der Waals surface area (Å²) in [7, 11) is 0. The first-order valence-corrected chi connectivity index (χ1v) is 9.57. The molecule has 0 aliphatic carbocycles. The molecule has 0 saturated heterocycles. The largest absolute Gasteiger partial charge is 0.272 e. The molecule has 0 spiro atoms. The van der Waals surface area contributed by atoms with E-state index in [1.165, 1.54) is 18.3 Å². The molecule has 1 N–H and O–H groups in total. The van der Waals surface area contributed by atoms with E-state index in [9.17, 15) is 9.18 Å². The highest BCUT2D eigenvalue weighted by atomic mass is 19.1. The lowest BCUT2D eigenvalue weighted by Gasteiger charge is -2.11. The molecular weight excluding hydrogens is 377 g/mol. The van der Waals surface area contributed by atoms with Gasteiger partial charge in [0.1, 0.15) is 5.82 Å². The van der Waals surface area contributed by atoms with Crippen molar-refractivity contribution in [3.05, 3.63) is 101 Å². The van der Waals surface area contributed by atoms with Gasteiger partial charge in [-0.2, -0.15) is 5.10 Å². The van der Waals surface area contributed by atoms with Crippen molar-refractivity contribution in [2.24, 2.45) is 5.10 Å². The summed E-state index contributed by atoms with van der Waals surface area (Å²) >= 11 is 0. The molecule has 4 aromatic rings. The van der Waals surface area contributed by atoms with E-state index >= 15 is 0 Å². The monoisotopic (exact) mass is 397 g/mol. The second-order valence-electron chi connectivity index (χ2n) is 7.14. The predicted molar refractivity (Wildman–Crippen MR) is 118 cm³/mol. The lowest BCUT2D eigenvalue weighted by atomic mass is 9.99. The van der Waals surface area contributed by atoms with E-state index in [1.807, 2.05) is 44.2 Å². The number of rotatable bonds is 4. The van der Waals surface area contributed by atoms with Gasteiger partial charge in [0.15, 0.2) is 0 Å². The lowest BCUT2D eigenvalue weighted by molar-refractivity contribution is 0.0956. The predicted octanol–water partition coefficient (Wildman–Crippen LogP) is 5.42. The Balaban J connectivity index is 1.71. The first-order valence-electron chi connectivity index (χ1n) is 9.57. The van der Waals surface area contributed by atoms with Gasteiger partial charge in [0, 0.05) is 10.9 Å². The van der Waals surface area contributed by atoms with Crippen LogP contribution in [0.3, 0.4) is 0 Å². The summed E-state index contributed by atoms with van der Waals surface area (Å²) in [6, 6.07) is 21.4. The Bertz CT molecular complexity index is 1260. The topological polar surface area (TPSA) is 54.4 Å². The van der Waals surface area contributed by atoms with Crippen LogP contribution in [0.5, 0.6) is 0 Å². The van der Waals surface area contributed by atoms with E-state index < -0.39 is 0 Å². The second kappa shape index (κ2) is 8.25. The molecule has 0 unspecified atom stereocenters. The van der Waals surface area contributed by atoms with Crippen LogP contribution in [0.1, 0.15) is 27.0 Å². The van der Waals surface area contributed by atoms with Gasteiger partial charge < -0.3 is 0 Å². The Kier molecular flexibility index (Phi) is 5.35. The zero-order valence-electron chi connectivity index (χ0n) is 16.7. The number of carbonyl (C=O) groups excluding carboxylic acids is 1. The highest BCUT2D eigenvalue weighted by Crippen LogP contribution is 2.27.